The van der Waals surface area contributed by atoms with Crippen LogP contribution in [0.15, 0.2) is 65.8 Å². The maximum absolute atomic E-state index is 4.72. The van der Waals surface area contributed by atoms with E-state index in [0.29, 0.717) is 0 Å². The second-order valence-electron chi connectivity index (χ2n) is 5.12. The van der Waals surface area contributed by atoms with E-state index in [-0.39, 0.29) is 0 Å². The largest absolute Gasteiger partial charge is 0.237 e. The van der Waals surface area contributed by atoms with Crippen LogP contribution in [0, 0.1) is 6.92 Å². The Kier molecular flexibility index (Phi) is 3.16. The molecule has 4 aromatic rings. The van der Waals surface area contributed by atoms with E-state index in [0.717, 1.165) is 37.2 Å². The van der Waals surface area contributed by atoms with E-state index in [1.165, 1.54) is 11.3 Å². The molecule has 0 fully saturated rings. The van der Waals surface area contributed by atoms with E-state index in [1.54, 1.807) is 0 Å². The quantitative estimate of drug-likeness (QED) is 0.489. The summed E-state index contributed by atoms with van der Waals surface area (Å²) in [6.45, 7) is 2.05. The van der Waals surface area contributed by atoms with Gasteiger partial charge in [0.1, 0.15) is 4.83 Å². The average Bonchev–Trinajstić information content (AvgIpc) is 2.55. The summed E-state index contributed by atoms with van der Waals surface area (Å²) in [5.41, 5.74) is 3.09. The maximum Gasteiger partial charge on any atom is 0.211 e. The van der Waals surface area contributed by atoms with Crippen LogP contribution >= 0.6 is 11.3 Å². The lowest BCUT2D eigenvalue weighted by molar-refractivity contribution is 1.21. The van der Waals surface area contributed by atoms with Gasteiger partial charge >= 0.3 is 0 Å². The first-order valence-corrected chi connectivity index (χ1v) is 7.87. The summed E-state index contributed by atoms with van der Waals surface area (Å²) >= 11 is 1.52. The van der Waals surface area contributed by atoms with Crippen LogP contribution in [0.4, 0.5) is 5.69 Å². The number of rotatable bonds is 1. The molecule has 0 amide bonds. The highest BCUT2D eigenvalue weighted by atomic mass is 32.1. The van der Waals surface area contributed by atoms with Crippen molar-refractivity contribution in [3.8, 4) is 0 Å². The SMILES string of the molecule is Cc1ccccc1N=c1ncc2cc3ccccc3nc2s1. The smallest absolute Gasteiger partial charge is 0.211 e. The van der Waals surface area contributed by atoms with Crippen LogP contribution in [0.5, 0.6) is 0 Å². The van der Waals surface area contributed by atoms with Crippen molar-refractivity contribution in [2.45, 2.75) is 6.92 Å². The third-order valence-corrected chi connectivity index (χ3v) is 4.45. The van der Waals surface area contributed by atoms with Gasteiger partial charge < -0.3 is 0 Å². The highest BCUT2D eigenvalue weighted by molar-refractivity contribution is 7.15. The normalized spacial score (nSPS) is 12.1. The molecule has 4 rings (SSSR count). The molecule has 22 heavy (non-hydrogen) atoms. The number of nitrogens with zero attached hydrogens (tertiary/aromatic N) is 3. The summed E-state index contributed by atoms with van der Waals surface area (Å²) < 4.78 is 0. The van der Waals surface area contributed by atoms with Crippen molar-refractivity contribution in [1.82, 2.24) is 9.97 Å². The number of hydrogen-bond donors (Lipinski definition) is 0. The molecular formula is C18H13N3S. The van der Waals surface area contributed by atoms with Crippen LogP contribution in [-0.4, -0.2) is 9.97 Å². The highest BCUT2D eigenvalue weighted by Gasteiger charge is 2.01. The first-order chi connectivity index (χ1) is 10.8. The summed E-state index contributed by atoms with van der Waals surface area (Å²) in [6.07, 6.45) is 1.85. The van der Waals surface area contributed by atoms with Gasteiger partial charge in [0.25, 0.3) is 0 Å². The lowest BCUT2D eigenvalue weighted by Crippen LogP contribution is -2.01. The molecule has 0 unspecified atom stereocenters. The van der Waals surface area contributed by atoms with Gasteiger partial charge in [-0.05, 0) is 30.7 Å². The standard InChI is InChI=1S/C18H13N3S/c1-12-6-2-4-8-15(12)21-18-19-11-14-10-13-7-3-5-9-16(13)20-17(14)22-18/h2-11H,1H3. The van der Waals surface area contributed by atoms with Gasteiger partial charge in [0, 0.05) is 17.0 Å². The maximum atomic E-state index is 4.72. The Labute approximate surface area is 131 Å². The number of para-hydroxylation sites is 2. The van der Waals surface area contributed by atoms with E-state index in [1.807, 2.05) is 42.6 Å². The summed E-state index contributed by atoms with van der Waals surface area (Å²) in [5.74, 6) is 0. The van der Waals surface area contributed by atoms with Crippen molar-refractivity contribution >= 4 is 38.1 Å². The van der Waals surface area contributed by atoms with E-state index < -0.39 is 0 Å². The first-order valence-electron chi connectivity index (χ1n) is 7.06. The zero-order valence-electron chi connectivity index (χ0n) is 12.0. The van der Waals surface area contributed by atoms with Crippen LogP contribution in [0.1, 0.15) is 5.56 Å². The summed E-state index contributed by atoms with van der Waals surface area (Å²) in [6, 6.07) is 18.3. The van der Waals surface area contributed by atoms with Crippen LogP contribution in [0.25, 0.3) is 21.1 Å². The van der Waals surface area contributed by atoms with Crippen molar-refractivity contribution in [3.05, 3.63) is 71.2 Å². The topological polar surface area (TPSA) is 38.1 Å². The molecule has 106 valence electrons. The molecule has 0 bridgehead atoms. The van der Waals surface area contributed by atoms with E-state index in [4.69, 9.17) is 4.98 Å². The molecule has 3 nitrogen and oxygen atoms in total. The minimum Gasteiger partial charge on any atom is -0.237 e. The molecule has 0 atom stereocenters. The Balaban J connectivity index is 1.93. The molecule has 2 heterocycles. The molecule has 0 saturated carbocycles. The monoisotopic (exact) mass is 303 g/mol. The third kappa shape index (κ3) is 2.38. The number of aromatic nitrogens is 2. The Morgan fingerprint density at radius 2 is 1.77 bits per heavy atom. The summed E-state index contributed by atoms with van der Waals surface area (Å²) in [7, 11) is 0. The van der Waals surface area contributed by atoms with Gasteiger partial charge in [0.15, 0.2) is 0 Å². The number of fused-ring (bicyclic) bond motifs is 2. The van der Waals surface area contributed by atoms with Gasteiger partial charge in [-0.25, -0.2) is 15.0 Å². The fourth-order valence-electron chi connectivity index (χ4n) is 2.37. The van der Waals surface area contributed by atoms with Crippen molar-refractivity contribution in [2.75, 3.05) is 0 Å². The van der Waals surface area contributed by atoms with Crippen LogP contribution < -0.4 is 4.80 Å². The minimum absolute atomic E-state index is 0.726. The molecular weight excluding hydrogens is 290 g/mol. The Morgan fingerprint density at radius 1 is 0.955 bits per heavy atom. The number of pyridine rings is 1. The van der Waals surface area contributed by atoms with Crippen molar-refractivity contribution in [2.24, 2.45) is 4.99 Å². The molecule has 0 radical (unpaired) electrons. The summed E-state index contributed by atoms with van der Waals surface area (Å²) in [5, 5.41) is 2.18. The molecule has 2 aromatic carbocycles. The predicted octanol–water partition coefficient (Wildman–Crippen LogP) is 4.39. The second kappa shape index (κ2) is 5.31. The Bertz CT molecular complexity index is 1050. The molecule has 2 aromatic heterocycles. The first kappa shape index (κ1) is 13.1. The van der Waals surface area contributed by atoms with Crippen LogP contribution in [-0.2, 0) is 0 Å². The Morgan fingerprint density at radius 3 is 2.68 bits per heavy atom. The lowest BCUT2D eigenvalue weighted by Gasteiger charge is -2.00. The third-order valence-electron chi connectivity index (χ3n) is 3.55. The van der Waals surface area contributed by atoms with Gasteiger partial charge in [0.2, 0.25) is 4.80 Å². The number of hydrogen-bond acceptors (Lipinski definition) is 4. The molecule has 4 heteroatoms. The average molecular weight is 303 g/mol. The van der Waals surface area contributed by atoms with Crippen molar-refractivity contribution in [3.63, 3.8) is 0 Å². The van der Waals surface area contributed by atoms with Gasteiger partial charge in [-0.3, -0.25) is 0 Å². The van der Waals surface area contributed by atoms with Crippen molar-refractivity contribution in [1.29, 1.82) is 0 Å². The molecule has 0 aliphatic rings. The van der Waals surface area contributed by atoms with Gasteiger partial charge in [-0.2, -0.15) is 0 Å². The number of benzene rings is 2. The van der Waals surface area contributed by atoms with Crippen molar-refractivity contribution < 1.29 is 0 Å². The molecule has 0 aliphatic heterocycles. The molecule has 0 spiro atoms. The second-order valence-corrected chi connectivity index (χ2v) is 6.07. The Hall–Kier alpha value is -2.59. The summed E-state index contributed by atoms with van der Waals surface area (Å²) in [4.78, 5) is 15.5. The zero-order chi connectivity index (χ0) is 14.9. The highest BCUT2D eigenvalue weighted by Crippen LogP contribution is 2.20. The molecule has 0 aliphatic carbocycles. The minimum atomic E-state index is 0.726. The van der Waals surface area contributed by atoms with E-state index >= 15 is 0 Å². The number of aryl methyl sites for hydroxylation is 1. The fourth-order valence-corrected chi connectivity index (χ4v) is 3.17. The predicted molar refractivity (Wildman–Crippen MR) is 91.3 cm³/mol. The lowest BCUT2D eigenvalue weighted by atomic mass is 10.2. The molecule has 0 N–H and O–H groups in total. The van der Waals surface area contributed by atoms with Crippen LogP contribution in [0.2, 0.25) is 0 Å². The zero-order valence-corrected chi connectivity index (χ0v) is 12.8. The van der Waals surface area contributed by atoms with Gasteiger partial charge in [-0.1, -0.05) is 47.7 Å². The van der Waals surface area contributed by atoms with E-state index in [9.17, 15) is 0 Å². The van der Waals surface area contributed by atoms with Gasteiger partial charge in [-0.15, -0.1) is 0 Å². The molecule has 0 saturated heterocycles. The van der Waals surface area contributed by atoms with Gasteiger partial charge in [0.05, 0.1) is 11.2 Å². The van der Waals surface area contributed by atoms with Crippen LogP contribution in [0.3, 0.4) is 0 Å². The van der Waals surface area contributed by atoms with E-state index in [2.05, 4.69) is 35.1 Å². The fraction of sp³-hybridized carbons (Fsp3) is 0.0556.